The maximum absolute atomic E-state index is 12.4. The number of nitrogens with zero attached hydrogens (tertiary/aromatic N) is 1. The Morgan fingerprint density at radius 1 is 1.16 bits per heavy atom. The number of rotatable bonds is 7. The zero-order chi connectivity index (χ0) is 17.6. The topological polar surface area (TPSA) is 78.0 Å². The molecule has 1 heterocycles. The van der Waals surface area contributed by atoms with Crippen LogP contribution in [0.4, 0.5) is 0 Å². The molecule has 3 aromatic rings. The van der Waals surface area contributed by atoms with Gasteiger partial charge in [0.1, 0.15) is 0 Å². The van der Waals surface area contributed by atoms with Crippen molar-refractivity contribution in [2.75, 3.05) is 6.54 Å². The van der Waals surface area contributed by atoms with Crippen LogP contribution in [-0.2, 0) is 11.2 Å². The number of aromatic amines is 1. The Bertz CT molecular complexity index is 827. The van der Waals surface area contributed by atoms with E-state index in [0.29, 0.717) is 13.0 Å². The number of aliphatic hydroxyl groups excluding tert-OH is 1. The smallest absolute Gasteiger partial charge is 0.226 e. The van der Waals surface area contributed by atoms with Gasteiger partial charge in [-0.1, -0.05) is 48.5 Å². The Balaban J connectivity index is 1.63. The molecule has 0 aliphatic heterocycles. The summed E-state index contributed by atoms with van der Waals surface area (Å²) in [6, 6.07) is 17.7. The van der Waals surface area contributed by atoms with Crippen LogP contribution in [0.15, 0.2) is 54.6 Å². The molecule has 2 unspecified atom stereocenters. The first-order valence-corrected chi connectivity index (χ1v) is 8.55. The fourth-order valence-electron chi connectivity index (χ4n) is 3.08. The van der Waals surface area contributed by atoms with Gasteiger partial charge >= 0.3 is 0 Å². The maximum atomic E-state index is 12.4. The van der Waals surface area contributed by atoms with Gasteiger partial charge in [0.05, 0.1) is 23.7 Å². The summed E-state index contributed by atoms with van der Waals surface area (Å²) in [5, 5.41) is 20.9. The highest BCUT2D eigenvalue weighted by atomic mass is 16.3. The van der Waals surface area contributed by atoms with Gasteiger partial charge < -0.3 is 10.4 Å². The van der Waals surface area contributed by atoms with Crippen molar-refractivity contribution in [2.24, 2.45) is 0 Å². The number of hydrogen-bond acceptors (Lipinski definition) is 3. The first kappa shape index (κ1) is 17.2. The van der Waals surface area contributed by atoms with Crippen molar-refractivity contribution in [3.05, 3.63) is 65.9 Å². The lowest BCUT2D eigenvalue weighted by Crippen LogP contribution is -2.31. The van der Waals surface area contributed by atoms with E-state index in [1.54, 1.807) is 6.92 Å². The Labute approximate surface area is 147 Å². The monoisotopic (exact) mass is 337 g/mol. The molecule has 1 aromatic heterocycles. The van der Waals surface area contributed by atoms with E-state index in [1.807, 2.05) is 54.6 Å². The molecule has 0 bridgehead atoms. The summed E-state index contributed by atoms with van der Waals surface area (Å²) in [5.41, 5.74) is 2.80. The van der Waals surface area contributed by atoms with E-state index < -0.39 is 6.10 Å². The molecule has 0 spiro atoms. The van der Waals surface area contributed by atoms with Crippen LogP contribution < -0.4 is 5.32 Å². The Morgan fingerprint density at radius 2 is 1.88 bits per heavy atom. The highest BCUT2D eigenvalue weighted by molar-refractivity contribution is 5.87. The lowest BCUT2D eigenvalue weighted by Gasteiger charge is -2.19. The molecule has 3 rings (SSSR count). The van der Waals surface area contributed by atoms with Crippen molar-refractivity contribution in [3.8, 4) is 0 Å². The number of carbonyl (C=O) groups is 1. The average Bonchev–Trinajstić information content (AvgIpc) is 3.02. The minimum Gasteiger partial charge on any atom is -0.393 e. The number of benzene rings is 2. The fraction of sp³-hybridized carbons (Fsp3) is 0.300. The average molecular weight is 337 g/mol. The van der Waals surface area contributed by atoms with Gasteiger partial charge in [-0.25, -0.2) is 0 Å². The van der Waals surface area contributed by atoms with Crippen molar-refractivity contribution in [3.63, 3.8) is 0 Å². The second-order valence-corrected chi connectivity index (χ2v) is 6.39. The van der Waals surface area contributed by atoms with Gasteiger partial charge in [-0.05, 0) is 25.0 Å². The number of fused-ring (bicyclic) bond motifs is 1. The van der Waals surface area contributed by atoms with Crippen LogP contribution in [0.25, 0.3) is 10.9 Å². The standard InChI is InChI=1S/C20H23N3O2/c1-14(24)11-16(15-7-3-2-4-8-15)13-21-20(25)12-19-17-9-5-6-10-18(17)22-23-19/h2-10,14,16,24H,11-13H2,1H3,(H,21,25)(H,22,23). The van der Waals surface area contributed by atoms with Gasteiger partial charge in [0.15, 0.2) is 0 Å². The molecular weight excluding hydrogens is 314 g/mol. The van der Waals surface area contributed by atoms with Crippen molar-refractivity contribution >= 4 is 16.8 Å². The van der Waals surface area contributed by atoms with E-state index in [2.05, 4.69) is 15.5 Å². The van der Waals surface area contributed by atoms with Gasteiger partial charge in [0, 0.05) is 17.8 Å². The number of aliphatic hydroxyl groups is 1. The summed E-state index contributed by atoms with van der Waals surface area (Å²) < 4.78 is 0. The van der Waals surface area contributed by atoms with Crippen molar-refractivity contribution in [1.82, 2.24) is 15.5 Å². The third-order valence-electron chi connectivity index (χ3n) is 4.32. The minimum atomic E-state index is -0.418. The van der Waals surface area contributed by atoms with E-state index in [1.165, 1.54) is 0 Å². The molecule has 1 amide bonds. The maximum Gasteiger partial charge on any atom is 0.226 e. The van der Waals surface area contributed by atoms with Gasteiger partial charge in [0.25, 0.3) is 0 Å². The second kappa shape index (κ2) is 7.94. The quantitative estimate of drug-likeness (QED) is 0.620. The van der Waals surface area contributed by atoms with E-state index in [4.69, 9.17) is 0 Å². The Morgan fingerprint density at radius 3 is 2.64 bits per heavy atom. The van der Waals surface area contributed by atoms with Crippen molar-refractivity contribution < 1.29 is 9.90 Å². The summed E-state index contributed by atoms with van der Waals surface area (Å²) in [7, 11) is 0. The van der Waals surface area contributed by atoms with Gasteiger partial charge in [-0.15, -0.1) is 0 Å². The number of para-hydroxylation sites is 1. The highest BCUT2D eigenvalue weighted by Gasteiger charge is 2.16. The van der Waals surface area contributed by atoms with E-state index in [0.717, 1.165) is 22.2 Å². The lowest BCUT2D eigenvalue weighted by atomic mass is 9.93. The zero-order valence-electron chi connectivity index (χ0n) is 14.3. The first-order chi connectivity index (χ1) is 12.1. The van der Waals surface area contributed by atoms with Crippen molar-refractivity contribution in [1.29, 1.82) is 0 Å². The third kappa shape index (κ3) is 4.45. The van der Waals surface area contributed by atoms with E-state index in [9.17, 15) is 9.90 Å². The summed E-state index contributed by atoms with van der Waals surface area (Å²) in [6.07, 6.45) is 0.451. The van der Waals surface area contributed by atoms with Crippen LogP contribution >= 0.6 is 0 Å². The number of amides is 1. The molecule has 2 atom stereocenters. The van der Waals surface area contributed by atoms with Crippen LogP contribution in [0, 0.1) is 0 Å². The third-order valence-corrected chi connectivity index (χ3v) is 4.32. The van der Waals surface area contributed by atoms with Crippen LogP contribution in [0.1, 0.15) is 30.5 Å². The number of H-pyrrole nitrogens is 1. The summed E-state index contributed by atoms with van der Waals surface area (Å²) in [5.74, 6) is 0.0320. The van der Waals surface area contributed by atoms with Gasteiger partial charge in [-0.2, -0.15) is 5.10 Å². The van der Waals surface area contributed by atoms with Crippen LogP contribution in [0.2, 0.25) is 0 Å². The van der Waals surface area contributed by atoms with Crippen LogP contribution in [-0.4, -0.2) is 33.9 Å². The number of hydrogen-bond donors (Lipinski definition) is 3. The normalized spacial score (nSPS) is 13.5. The summed E-state index contributed by atoms with van der Waals surface area (Å²) >= 11 is 0. The molecule has 0 aliphatic carbocycles. The Kier molecular flexibility index (Phi) is 5.46. The SMILES string of the molecule is CC(O)CC(CNC(=O)Cc1[nH]nc2ccccc12)c1ccccc1. The predicted octanol–water partition coefficient (Wildman–Crippen LogP) is 2.78. The zero-order valence-corrected chi connectivity index (χ0v) is 14.3. The second-order valence-electron chi connectivity index (χ2n) is 6.39. The Hall–Kier alpha value is -2.66. The molecule has 3 N–H and O–H groups in total. The number of nitrogens with one attached hydrogen (secondary N) is 2. The molecule has 5 nitrogen and oxygen atoms in total. The molecule has 0 fully saturated rings. The molecule has 25 heavy (non-hydrogen) atoms. The molecule has 2 aromatic carbocycles. The number of carbonyl (C=O) groups excluding carboxylic acids is 1. The summed E-state index contributed by atoms with van der Waals surface area (Å²) in [6.45, 7) is 2.27. The van der Waals surface area contributed by atoms with E-state index in [-0.39, 0.29) is 18.2 Å². The van der Waals surface area contributed by atoms with Crippen LogP contribution in [0.5, 0.6) is 0 Å². The molecular formula is C20H23N3O2. The molecule has 130 valence electrons. The van der Waals surface area contributed by atoms with Crippen molar-refractivity contribution in [2.45, 2.75) is 31.8 Å². The molecule has 5 heteroatoms. The molecule has 0 saturated carbocycles. The first-order valence-electron chi connectivity index (χ1n) is 8.55. The van der Waals surface area contributed by atoms with Gasteiger partial charge in [0.2, 0.25) is 5.91 Å². The van der Waals surface area contributed by atoms with Crippen LogP contribution in [0.3, 0.4) is 0 Å². The molecule has 0 saturated heterocycles. The highest BCUT2D eigenvalue weighted by Crippen LogP contribution is 2.21. The van der Waals surface area contributed by atoms with E-state index >= 15 is 0 Å². The van der Waals surface area contributed by atoms with Gasteiger partial charge in [-0.3, -0.25) is 9.89 Å². The summed E-state index contributed by atoms with van der Waals surface area (Å²) in [4.78, 5) is 12.4. The molecule has 0 aliphatic rings. The largest absolute Gasteiger partial charge is 0.393 e. The minimum absolute atomic E-state index is 0.0547. The lowest BCUT2D eigenvalue weighted by molar-refractivity contribution is -0.120. The molecule has 0 radical (unpaired) electrons. The number of aromatic nitrogens is 2. The predicted molar refractivity (Wildman–Crippen MR) is 98.3 cm³/mol. The fourth-order valence-corrected chi connectivity index (χ4v) is 3.08.